The average molecular weight is 358 g/mol. The number of nitrogens with one attached hydrogen (secondary N) is 1. The summed E-state index contributed by atoms with van der Waals surface area (Å²) in [6.07, 6.45) is 0. The Hall–Kier alpha value is -3.49. The smallest absolute Gasteiger partial charge is 0.299 e. The predicted octanol–water partition coefficient (Wildman–Crippen LogP) is 3.73. The van der Waals surface area contributed by atoms with E-state index in [9.17, 15) is 25.0 Å². The van der Waals surface area contributed by atoms with E-state index in [0.29, 0.717) is 24.3 Å². The van der Waals surface area contributed by atoms with Gasteiger partial charge in [-0.15, -0.1) is 0 Å². The Morgan fingerprint density at radius 3 is 2.31 bits per heavy atom. The number of benzene rings is 2. The molecule has 1 amide bonds. The molecule has 9 nitrogen and oxygen atoms in total. The molecule has 0 saturated carbocycles. The summed E-state index contributed by atoms with van der Waals surface area (Å²) in [4.78, 5) is 34.7. The quantitative estimate of drug-likeness (QED) is 0.595. The third-order valence-corrected chi connectivity index (χ3v) is 3.83. The fourth-order valence-corrected chi connectivity index (χ4v) is 2.47. The first kappa shape index (κ1) is 18.8. The van der Waals surface area contributed by atoms with Crippen molar-refractivity contribution in [2.24, 2.45) is 0 Å². The van der Waals surface area contributed by atoms with Crippen LogP contribution in [0.5, 0.6) is 0 Å². The van der Waals surface area contributed by atoms with Crippen LogP contribution in [0.25, 0.3) is 0 Å². The molecule has 2 rings (SSSR count). The van der Waals surface area contributed by atoms with Gasteiger partial charge in [-0.1, -0.05) is 6.07 Å². The van der Waals surface area contributed by atoms with Crippen molar-refractivity contribution in [1.29, 1.82) is 0 Å². The minimum Gasteiger partial charge on any atom is -0.350 e. The molecule has 0 fully saturated rings. The normalized spacial score (nSPS) is 10.2. The molecule has 9 heteroatoms. The summed E-state index contributed by atoms with van der Waals surface area (Å²) in [5.41, 5.74) is 0.239. The summed E-state index contributed by atoms with van der Waals surface area (Å²) in [5.74, 6) is -0.142. The van der Waals surface area contributed by atoms with E-state index < -0.39 is 15.5 Å². The van der Waals surface area contributed by atoms with E-state index in [1.54, 1.807) is 29.2 Å². The van der Waals surface area contributed by atoms with Crippen molar-refractivity contribution < 1.29 is 14.6 Å². The van der Waals surface area contributed by atoms with Gasteiger partial charge in [-0.2, -0.15) is 0 Å². The van der Waals surface area contributed by atoms with Gasteiger partial charge in [-0.25, -0.2) is 0 Å². The van der Waals surface area contributed by atoms with Crippen molar-refractivity contribution in [2.75, 3.05) is 18.4 Å². The molecule has 0 atom stereocenters. The Bertz CT molecular complexity index is 849. The maximum Gasteiger partial charge on any atom is 0.299 e. The molecule has 1 N–H and O–H groups in total. The van der Waals surface area contributed by atoms with Crippen LogP contribution < -0.4 is 5.32 Å². The fraction of sp³-hybridized carbons (Fsp3) is 0.235. The minimum atomic E-state index is -0.694. The molecule has 0 aromatic heterocycles. The lowest BCUT2D eigenvalue weighted by atomic mass is 10.1. The van der Waals surface area contributed by atoms with E-state index in [2.05, 4.69) is 5.32 Å². The third kappa shape index (κ3) is 4.12. The van der Waals surface area contributed by atoms with Gasteiger partial charge in [0.1, 0.15) is 5.69 Å². The van der Waals surface area contributed by atoms with Crippen molar-refractivity contribution >= 4 is 28.7 Å². The summed E-state index contributed by atoms with van der Waals surface area (Å²) in [6.45, 7) is 4.90. The SMILES string of the molecule is CCN(CC)C(=O)c1cccc(Nc2ccc([N+](=O)[O-])cc2[N+](=O)[O-])c1. The Balaban J connectivity index is 2.34. The van der Waals surface area contributed by atoms with Crippen LogP contribution in [0.3, 0.4) is 0 Å². The summed E-state index contributed by atoms with van der Waals surface area (Å²) < 4.78 is 0. The second-order valence-electron chi connectivity index (χ2n) is 5.40. The van der Waals surface area contributed by atoms with E-state index in [-0.39, 0.29) is 17.3 Å². The van der Waals surface area contributed by atoms with Crippen LogP contribution in [0.15, 0.2) is 42.5 Å². The van der Waals surface area contributed by atoms with Crippen LogP contribution in [-0.2, 0) is 0 Å². The second-order valence-corrected chi connectivity index (χ2v) is 5.40. The van der Waals surface area contributed by atoms with Gasteiger partial charge in [-0.05, 0) is 38.1 Å². The van der Waals surface area contributed by atoms with E-state index in [1.807, 2.05) is 13.8 Å². The minimum absolute atomic E-state index is 0.105. The zero-order chi connectivity index (χ0) is 19.3. The number of nitrogens with zero attached hydrogens (tertiary/aromatic N) is 3. The largest absolute Gasteiger partial charge is 0.350 e. The Labute approximate surface area is 149 Å². The number of nitro groups is 2. The van der Waals surface area contributed by atoms with E-state index in [1.165, 1.54) is 12.1 Å². The molecule has 2 aromatic carbocycles. The van der Waals surface area contributed by atoms with Gasteiger partial charge in [0, 0.05) is 30.4 Å². The molecule has 0 spiro atoms. The number of carbonyl (C=O) groups is 1. The molecule has 26 heavy (non-hydrogen) atoms. The van der Waals surface area contributed by atoms with Gasteiger partial charge in [-0.3, -0.25) is 25.0 Å². The summed E-state index contributed by atoms with van der Waals surface area (Å²) >= 11 is 0. The molecule has 136 valence electrons. The zero-order valence-electron chi connectivity index (χ0n) is 14.3. The molecular weight excluding hydrogens is 340 g/mol. The molecular formula is C17H18N4O5. The van der Waals surface area contributed by atoms with Crippen LogP contribution in [-0.4, -0.2) is 33.7 Å². The molecule has 0 radical (unpaired) electrons. The number of hydrogen-bond acceptors (Lipinski definition) is 6. The molecule has 0 aliphatic rings. The van der Waals surface area contributed by atoms with Crippen LogP contribution >= 0.6 is 0 Å². The van der Waals surface area contributed by atoms with Crippen LogP contribution in [0.4, 0.5) is 22.7 Å². The third-order valence-electron chi connectivity index (χ3n) is 3.83. The fourth-order valence-electron chi connectivity index (χ4n) is 2.47. The highest BCUT2D eigenvalue weighted by Gasteiger charge is 2.20. The maximum atomic E-state index is 12.4. The van der Waals surface area contributed by atoms with Crippen molar-refractivity contribution in [2.45, 2.75) is 13.8 Å². The Kier molecular flexibility index (Phi) is 5.84. The first-order valence-corrected chi connectivity index (χ1v) is 7.96. The van der Waals surface area contributed by atoms with Crippen molar-refractivity contribution in [1.82, 2.24) is 4.90 Å². The van der Waals surface area contributed by atoms with Gasteiger partial charge in [0.25, 0.3) is 17.3 Å². The van der Waals surface area contributed by atoms with Crippen molar-refractivity contribution in [3.63, 3.8) is 0 Å². The number of non-ortho nitro benzene ring substituents is 1. The highest BCUT2D eigenvalue weighted by molar-refractivity contribution is 5.95. The maximum absolute atomic E-state index is 12.4. The first-order valence-electron chi connectivity index (χ1n) is 7.96. The zero-order valence-corrected chi connectivity index (χ0v) is 14.3. The predicted molar refractivity (Wildman–Crippen MR) is 96.7 cm³/mol. The van der Waals surface area contributed by atoms with Gasteiger partial charge < -0.3 is 10.2 Å². The lowest BCUT2D eigenvalue weighted by molar-refractivity contribution is -0.393. The highest BCUT2D eigenvalue weighted by atomic mass is 16.6. The van der Waals surface area contributed by atoms with E-state index in [0.717, 1.165) is 6.07 Å². The number of amides is 1. The van der Waals surface area contributed by atoms with Crippen molar-refractivity contribution in [3.8, 4) is 0 Å². The number of anilines is 2. The average Bonchev–Trinajstić information content (AvgIpc) is 2.62. The molecule has 0 unspecified atom stereocenters. The highest BCUT2D eigenvalue weighted by Crippen LogP contribution is 2.31. The number of nitro benzene ring substituents is 2. The first-order chi connectivity index (χ1) is 12.4. The Morgan fingerprint density at radius 1 is 1.04 bits per heavy atom. The van der Waals surface area contributed by atoms with Crippen LogP contribution in [0.2, 0.25) is 0 Å². The van der Waals surface area contributed by atoms with E-state index in [4.69, 9.17) is 0 Å². The summed E-state index contributed by atoms with van der Waals surface area (Å²) in [5, 5.41) is 24.9. The topological polar surface area (TPSA) is 119 Å². The second kappa shape index (κ2) is 8.06. The molecule has 2 aromatic rings. The van der Waals surface area contributed by atoms with Crippen LogP contribution in [0.1, 0.15) is 24.2 Å². The molecule has 0 saturated heterocycles. The molecule has 0 aliphatic heterocycles. The lowest BCUT2D eigenvalue weighted by Crippen LogP contribution is -2.30. The van der Waals surface area contributed by atoms with Crippen LogP contribution in [0, 0.1) is 20.2 Å². The lowest BCUT2D eigenvalue weighted by Gasteiger charge is -2.19. The number of rotatable bonds is 7. The number of hydrogen-bond donors (Lipinski definition) is 1. The summed E-state index contributed by atoms with van der Waals surface area (Å²) in [7, 11) is 0. The standard InChI is InChI=1S/C17H18N4O5/c1-3-19(4-2)17(22)12-6-5-7-13(10-12)18-15-9-8-14(20(23)24)11-16(15)21(25)26/h5-11,18H,3-4H2,1-2H3. The van der Waals surface area contributed by atoms with Gasteiger partial charge >= 0.3 is 0 Å². The Morgan fingerprint density at radius 2 is 1.73 bits per heavy atom. The summed E-state index contributed by atoms with van der Waals surface area (Å²) in [6, 6.07) is 9.92. The number of carbonyl (C=O) groups excluding carboxylic acids is 1. The molecule has 0 heterocycles. The van der Waals surface area contributed by atoms with Gasteiger partial charge in [0.05, 0.1) is 15.9 Å². The van der Waals surface area contributed by atoms with Gasteiger partial charge in [0.15, 0.2) is 0 Å². The van der Waals surface area contributed by atoms with E-state index >= 15 is 0 Å². The molecule has 0 bridgehead atoms. The van der Waals surface area contributed by atoms with Crippen molar-refractivity contribution in [3.05, 3.63) is 68.3 Å². The monoisotopic (exact) mass is 358 g/mol. The van der Waals surface area contributed by atoms with Gasteiger partial charge in [0.2, 0.25) is 0 Å². The molecule has 0 aliphatic carbocycles.